The van der Waals surface area contributed by atoms with E-state index in [0.29, 0.717) is 5.69 Å². The molecule has 0 atom stereocenters. The Labute approximate surface area is 142 Å². The highest BCUT2D eigenvalue weighted by atomic mass is 16.5. The van der Waals surface area contributed by atoms with Crippen molar-refractivity contribution in [1.82, 2.24) is 4.57 Å². The van der Waals surface area contributed by atoms with Gasteiger partial charge in [-0.1, -0.05) is 25.5 Å². The molecule has 1 aromatic carbocycles. The van der Waals surface area contributed by atoms with Crippen molar-refractivity contribution in [3.8, 4) is 5.75 Å². The third-order valence-corrected chi connectivity index (χ3v) is 3.90. The van der Waals surface area contributed by atoms with Crippen LogP contribution in [-0.2, 0) is 17.8 Å². The second kappa shape index (κ2) is 8.34. The molecule has 24 heavy (non-hydrogen) atoms. The molecule has 1 amide bonds. The summed E-state index contributed by atoms with van der Waals surface area (Å²) < 4.78 is 6.72. The van der Waals surface area contributed by atoms with E-state index in [1.807, 2.05) is 24.3 Å². The first kappa shape index (κ1) is 17.8. The van der Waals surface area contributed by atoms with Crippen LogP contribution in [0, 0.1) is 6.92 Å². The van der Waals surface area contributed by atoms with Gasteiger partial charge in [0.05, 0.1) is 13.3 Å². The predicted molar refractivity (Wildman–Crippen MR) is 95.7 cm³/mol. The molecular formula is C19H24N2O3. The Hall–Kier alpha value is -2.56. The number of aryl methyl sites for hydroxylation is 2. The van der Waals surface area contributed by atoms with Gasteiger partial charge in [-0.15, -0.1) is 0 Å². The van der Waals surface area contributed by atoms with Crippen LogP contribution in [0.4, 0.5) is 5.69 Å². The van der Waals surface area contributed by atoms with Crippen LogP contribution < -0.4 is 15.5 Å². The topological polar surface area (TPSA) is 60.3 Å². The largest absolute Gasteiger partial charge is 0.491 e. The highest BCUT2D eigenvalue weighted by molar-refractivity contribution is 5.90. The van der Waals surface area contributed by atoms with Gasteiger partial charge in [0.1, 0.15) is 6.54 Å². The molecule has 2 rings (SSSR count). The van der Waals surface area contributed by atoms with E-state index in [4.69, 9.17) is 4.74 Å². The monoisotopic (exact) mass is 328 g/mol. The molecule has 0 unspecified atom stereocenters. The van der Waals surface area contributed by atoms with Crippen LogP contribution in [0.15, 0.2) is 41.3 Å². The number of aromatic nitrogens is 1. The number of carbonyl (C=O) groups is 1. The highest BCUT2D eigenvalue weighted by Gasteiger charge is 2.08. The summed E-state index contributed by atoms with van der Waals surface area (Å²) in [5.41, 5.74) is 2.57. The number of amides is 1. The third kappa shape index (κ3) is 4.72. The van der Waals surface area contributed by atoms with Crippen molar-refractivity contribution in [2.75, 3.05) is 12.4 Å². The van der Waals surface area contributed by atoms with Gasteiger partial charge in [0, 0.05) is 17.4 Å². The molecule has 2 aromatic rings. The Morgan fingerprint density at radius 3 is 2.58 bits per heavy atom. The fraction of sp³-hybridized carbons (Fsp3) is 0.368. The van der Waals surface area contributed by atoms with Crippen LogP contribution in [0.25, 0.3) is 0 Å². The number of unbranched alkanes of at least 4 members (excludes halogenated alkanes) is 1. The summed E-state index contributed by atoms with van der Waals surface area (Å²) in [5.74, 6) is 0.0822. The molecule has 5 nitrogen and oxygen atoms in total. The zero-order valence-corrected chi connectivity index (χ0v) is 14.5. The Bertz CT molecular complexity index is 748. The van der Waals surface area contributed by atoms with E-state index in [1.165, 1.54) is 31.6 Å². The molecule has 1 aromatic heterocycles. The quantitative estimate of drug-likeness (QED) is 0.849. The van der Waals surface area contributed by atoms with Crippen molar-refractivity contribution in [3.63, 3.8) is 0 Å². The molecule has 0 aliphatic heterocycles. The van der Waals surface area contributed by atoms with Gasteiger partial charge in [0.2, 0.25) is 11.3 Å². The minimum Gasteiger partial charge on any atom is -0.491 e. The zero-order valence-electron chi connectivity index (χ0n) is 14.5. The van der Waals surface area contributed by atoms with E-state index in [9.17, 15) is 9.59 Å². The number of rotatable bonds is 7. The van der Waals surface area contributed by atoms with E-state index in [1.54, 1.807) is 17.7 Å². The lowest BCUT2D eigenvalue weighted by Crippen LogP contribution is -2.21. The highest BCUT2D eigenvalue weighted by Crippen LogP contribution is 2.12. The minimum atomic E-state index is -0.186. The van der Waals surface area contributed by atoms with E-state index in [0.717, 1.165) is 12.1 Å². The van der Waals surface area contributed by atoms with E-state index < -0.39 is 0 Å². The smallest absolute Gasteiger partial charge is 0.244 e. The van der Waals surface area contributed by atoms with Gasteiger partial charge in [0.15, 0.2) is 5.75 Å². The lowest BCUT2D eigenvalue weighted by molar-refractivity contribution is -0.116. The normalized spacial score (nSPS) is 10.5. The average molecular weight is 328 g/mol. The van der Waals surface area contributed by atoms with Crippen LogP contribution in [0.1, 0.15) is 31.0 Å². The van der Waals surface area contributed by atoms with Gasteiger partial charge in [0.25, 0.3) is 0 Å². The average Bonchev–Trinajstić information content (AvgIpc) is 2.56. The van der Waals surface area contributed by atoms with E-state index in [2.05, 4.69) is 12.2 Å². The molecule has 0 saturated heterocycles. The lowest BCUT2D eigenvalue weighted by Gasteiger charge is -2.12. The summed E-state index contributed by atoms with van der Waals surface area (Å²) in [6.07, 6.45) is 4.95. The van der Waals surface area contributed by atoms with E-state index >= 15 is 0 Å². The summed E-state index contributed by atoms with van der Waals surface area (Å²) in [6, 6.07) is 9.38. The molecule has 0 aliphatic carbocycles. The van der Waals surface area contributed by atoms with Crippen molar-refractivity contribution in [3.05, 3.63) is 58.0 Å². The van der Waals surface area contributed by atoms with Crippen molar-refractivity contribution in [2.24, 2.45) is 0 Å². The number of carbonyl (C=O) groups excluding carboxylic acids is 1. The molecule has 1 N–H and O–H groups in total. The number of nitrogens with one attached hydrogen (secondary N) is 1. The third-order valence-electron chi connectivity index (χ3n) is 3.90. The van der Waals surface area contributed by atoms with Gasteiger partial charge in [-0.3, -0.25) is 9.59 Å². The Balaban J connectivity index is 2.02. The molecule has 0 bridgehead atoms. The molecule has 0 radical (unpaired) electrons. The number of benzene rings is 1. The number of pyridine rings is 1. The Morgan fingerprint density at radius 1 is 1.25 bits per heavy atom. The molecule has 0 saturated carbocycles. The molecule has 128 valence electrons. The van der Waals surface area contributed by atoms with Gasteiger partial charge in [-0.2, -0.15) is 0 Å². The zero-order chi connectivity index (χ0) is 17.5. The van der Waals surface area contributed by atoms with Gasteiger partial charge >= 0.3 is 0 Å². The first-order valence-electron chi connectivity index (χ1n) is 8.17. The lowest BCUT2D eigenvalue weighted by atomic mass is 10.1. The summed E-state index contributed by atoms with van der Waals surface area (Å²) in [4.78, 5) is 23.9. The van der Waals surface area contributed by atoms with Crippen molar-refractivity contribution < 1.29 is 9.53 Å². The Morgan fingerprint density at radius 2 is 1.96 bits per heavy atom. The van der Waals surface area contributed by atoms with Gasteiger partial charge in [-0.05, 0) is 37.5 Å². The summed E-state index contributed by atoms with van der Waals surface area (Å²) >= 11 is 0. The number of hydrogen-bond donors (Lipinski definition) is 1. The minimum absolute atomic E-state index is 0.125. The number of hydrogen-bond acceptors (Lipinski definition) is 3. The van der Waals surface area contributed by atoms with Gasteiger partial charge < -0.3 is 14.6 Å². The molecule has 1 heterocycles. The maximum Gasteiger partial charge on any atom is 0.244 e. The number of methoxy groups -OCH3 is 1. The SMILES string of the molecule is CCCCc1ccc(NC(=O)Cn2cc(OC)c(=O)cc2C)cc1. The van der Waals surface area contributed by atoms with Crippen LogP contribution in [-0.4, -0.2) is 17.6 Å². The summed E-state index contributed by atoms with van der Waals surface area (Å²) in [7, 11) is 1.44. The second-order valence-electron chi connectivity index (χ2n) is 5.82. The van der Waals surface area contributed by atoms with Crippen LogP contribution >= 0.6 is 0 Å². The van der Waals surface area contributed by atoms with Crippen molar-refractivity contribution >= 4 is 11.6 Å². The fourth-order valence-corrected chi connectivity index (χ4v) is 2.47. The van der Waals surface area contributed by atoms with Crippen molar-refractivity contribution in [1.29, 1.82) is 0 Å². The predicted octanol–water partition coefficient (Wildman–Crippen LogP) is 3.15. The molecule has 0 fully saturated rings. The standard InChI is InChI=1S/C19H24N2O3/c1-4-5-6-15-7-9-16(10-8-15)20-19(23)13-21-12-18(24-3)17(22)11-14(21)2/h7-12H,4-6,13H2,1-3H3,(H,20,23). The van der Waals surface area contributed by atoms with E-state index in [-0.39, 0.29) is 23.6 Å². The van der Waals surface area contributed by atoms with Crippen LogP contribution in [0.2, 0.25) is 0 Å². The maximum atomic E-state index is 12.2. The van der Waals surface area contributed by atoms with Crippen LogP contribution in [0.5, 0.6) is 5.75 Å². The van der Waals surface area contributed by atoms with Crippen LogP contribution in [0.3, 0.4) is 0 Å². The molecule has 5 heteroatoms. The maximum absolute atomic E-state index is 12.2. The number of anilines is 1. The number of ether oxygens (including phenoxy) is 1. The summed E-state index contributed by atoms with van der Waals surface area (Å²) in [5, 5.41) is 2.87. The Kier molecular flexibility index (Phi) is 6.18. The van der Waals surface area contributed by atoms with Gasteiger partial charge in [-0.25, -0.2) is 0 Å². The molecular weight excluding hydrogens is 304 g/mol. The first-order chi connectivity index (χ1) is 11.5. The molecule has 0 aliphatic rings. The number of nitrogens with zero attached hydrogens (tertiary/aromatic N) is 1. The summed E-state index contributed by atoms with van der Waals surface area (Å²) in [6.45, 7) is 4.08. The fourth-order valence-electron chi connectivity index (χ4n) is 2.47. The molecule has 0 spiro atoms. The first-order valence-corrected chi connectivity index (χ1v) is 8.17. The van der Waals surface area contributed by atoms with Crippen molar-refractivity contribution in [2.45, 2.75) is 39.7 Å². The second-order valence-corrected chi connectivity index (χ2v) is 5.82.